The molecule has 5 aromatic rings. The number of benzene rings is 2. The van der Waals surface area contributed by atoms with Crippen LogP contribution < -0.4 is 10.6 Å². The molecule has 0 radical (unpaired) electrons. The van der Waals surface area contributed by atoms with Gasteiger partial charge >= 0.3 is 5.97 Å². The van der Waals surface area contributed by atoms with E-state index in [9.17, 15) is 19.2 Å². The third-order valence-corrected chi connectivity index (χ3v) is 13.6. The summed E-state index contributed by atoms with van der Waals surface area (Å²) in [7, 11) is 0. The van der Waals surface area contributed by atoms with Crippen molar-refractivity contribution in [2.75, 3.05) is 31.6 Å². The van der Waals surface area contributed by atoms with Gasteiger partial charge in [0.05, 0.1) is 22.3 Å². The number of halogens is 1. The minimum absolute atomic E-state index is 0. The first kappa shape index (κ1) is 44.5. The van der Waals surface area contributed by atoms with Crippen LogP contribution in [0.5, 0.6) is 0 Å². The highest BCUT2D eigenvalue weighted by Gasteiger charge is 2.40. The average molecular weight is 904 g/mol. The Morgan fingerprint density at radius 3 is 2.61 bits per heavy atom. The number of ether oxygens (including phenoxy) is 1. The number of rotatable bonds is 11. The molecule has 64 heavy (non-hydrogen) atoms. The molecule has 17 heteroatoms. The van der Waals surface area contributed by atoms with Crippen molar-refractivity contribution in [2.24, 2.45) is 4.99 Å². The summed E-state index contributed by atoms with van der Waals surface area (Å²) in [6.45, 7) is 9.65. The van der Waals surface area contributed by atoms with E-state index >= 15 is 0 Å². The van der Waals surface area contributed by atoms with E-state index in [4.69, 9.17) is 21.3 Å². The van der Waals surface area contributed by atoms with Crippen LogP contribution in [0.25, 0.3) is 5.00 Å². The molecule has 2 saturated heterocycles. The Bertz CT molecular complexity index is 2700. The summed E-state index contributed by atoms with van der Waals surface area (Å²) in [5.41, 5.74) is 7.05. The highest BCUT2D eigenvalue weighted by molar-refractivity contribution is 7.15. The molecule has 9 rings (SSSR count). The van der Waals surface area contributed by atoms with E-state index in [0.717, 1.165) is 86.7 Å². The third-order valence-electron chi connectivity index (χ3n) is 12.2. The van der Waals surface area contributed by atoms with Crippen molar-refractivity contribution in [3.63, 3.8) is 0 Å². The van der Waals surface area contributed by atoms with Crippen LogP contribution in [0.1, 0.15) is 114 Å². The SMILES string of the molecule is C.Cc1c(C#Cc2cnn(CCCC(=O)OCCN3CCC(Nc4cccc5c4CN(C4CCC(=O)NC4=O)C5=O)CC3)c2)sc2c1C(c1ccc(Cl)cc1)=N[C@@H](C)c1nnc(C)n1-2. The van der Waals surface area contributed by atoms with Gasteiger partial charge < -0.3 is 15.0 Å². The van der Waals surface area contributed by atoms with Crippen LogP contribution >= 0.6 is 22.9 Å². The summed E-state index contributed by atoms with van der Waals surface area (Å²) in [5, 5.41) is 21.0. The molecular formula is C47H51ClN10O5S. The van der Waals surface area contributed by atoms with Gasteiger partial charge in [-0.15, -0.1) is 21.5 Å². The largest absolute Gasteiger partial charge is 0.464 e. The van der Waals surface area contributed by atoms with Gasteiger partial charge in [-0.3, -0.25) is 43.6 Å². The third kappa shape index (κ3) is 9.10. The minimum atomic E-state index is -0.643. The molecule has 15 nitrogen and oxygen atoms in total. The molecule has 2 fully saturated rings. The van der Waals surface area contributed by atoms with Crippen molar-refractivity contribution < 1.29 is 23.9 Å². The number of piperidine rings is 2. The van der Waals surface area contributed by atoms with Gasteiger partial charge in [-0.1, -0.05) is 49.1 Å². The lowest BCUT2D eigenvalue weighted by Crippen LogP contribution is -2.52. The van der Waals surface area contributed by atoms with E-state index < -0.39 is 11.9 Å². The van der Waals surface area contributed by atoms with E-state index in [0.29, 0.717) is 49.7 Å². The molecule has 2 aromatic carbocycles. The van der Waals surface area contributed by atoms with Crippen molar-refractivity contribution in [1.29, 1.82) is 0 Å². The number of anilines is 1. The number of nitrogens with zero attached hydrogens (tertiary/aromatic N) is 8. The number of esters is 1. The summed E-state index contributed by atoms with van der Waals surface area (Å²) in [6, 6.07) is 12.8. The first-order valence-electron chi connectivity index (χ1n) is 21.4. The van der Waals surface area contributed by atoms with Crippen LogP contribution in [0.4, 0.5) is 5.69 Å². The Hall–Kier alpha value is -6.15. The van der Waals surface area contributed by atoms with E-state index in [1.807, 2.05) is 56.4 Å². The van der Waals surface area contributed by atoms with Crippen molar-refractivity contribution in [1.82, 2.24) is 39.7 Å². The van der Waals surface area contributed by atoms with Gasteiger partial charge in [0, 0.05) is 90.8 Å². The number of likely N-dealkylation sites (tertiary alicyclic amines) is 1. The predicted molar refractivity (Wildman–Crippen MR) is 245 cm³/mol. The molecule has 0 saturated carbocycles. The fraction of sp³-hybridized carbons (Fsp3) is 0.404. The van der Waals surface area contributed by atoms with Gasteiger partial charge in [-0.05, 0) is 76.3 Å². The Morgan fingerprint density at radius 1 is 1.03 bits per heavy atom. The molecular weight excluding hydrogens is 852 g/mol. The van der Waals surface area contributed by atoms with Crippen LogP contribution in [0, 0.1) is 25.7 Å². The molecule has 332 valence electrons. The number of hydrogen-bond donors (Lipinski definition) is 2. The number of hydrogen-bond acceptors (Lipinski definition) is 12. The van der Waals surface area contributed by atoms with Crippen molar-refractivity contribution in [2.45, 2.75) is 97.9 Å². The number of imide groups is 1. The Labute approximate surface area is 381 Å². The zero-order chi connectivity index (χ0) is 43.8. The van der Waals surface area contributed by atoms with E-state index in [1.54, 1.807) is 33.2 Å². The molecule has 7 heterocycles. The van der Waals surface area contributed by atoms with Crippen molar-refractivity contribution >= 4 is 58.0 Å². The Kier molecular flexibility index (Phi) is 13.1. The molecule has 1 unspecified atom stereocenters. The number of amides is 3. The maximum absolute atomic E-state index is 13.2. The zero-order valence-corrected chi connectivity index (χ0v) is 36.9. The summed E-state index contributed by atoms with van der Waals surface area (Å²) in [5.74, 6) is 7.14. The van der Waals surface area contributed by atoms with Crippen molar-refractivity contribution in [3.8, 4) is 16.8 Å². The lowest BCUT2D eigenvalue weighted by Gasteiger charge is -2.33. The molecule has 3 amide bonds. The standard InChI is InChI=1S/C46H47ClN10O5S.CH4/c1-27-38(63-46-41(27)42(31-10-12-32(47)13-11-31)49-28(2)43-53-52-29(3)57(43)46)15-9-30-24-48-55(25-30)19-5-8-40(59)62-23-22-54-20-17-33(18-21-54)50-36-7-4-6-34-35(36)26-56(45(34)61)37-14-16-39(58)51-44(37)60;/h4,6-7,10-13,24-25,28,33,37,50H,5,8,14,16-23,26H2,1-3H3,(H,51,58,60);1H4/t28-,37?;/m0./s1. The first-order valence-corrected chi connectivity index (χ1v) is 22.6. The molecule has 4 aliphatic heterocycles. The van der Waals surface area contributed by atoms with Gasteiger partial charge in [0.25, 0.3) is 5.91 Å². The number of carbonyl (C=O) groups excluding carboxylic acids is 4. The molecule has 0 spiro atoms. The topological polar surface area (TPSA) is 169 Å². The van der Waals surface area contributed by atoms with E-state index in [2.05, 4.69) is 54.2 Å². The molecule has 4 aliphatic rings. The van der Waals surface area contributed by atoms with Crippen LogP contribution in [-0.2, 0) is 32.2 Å². The predicted octanol–water partition coefficient (Wildman–Crippen LogP) is 6.40. The second-order valence-electron chi connectivity index (χ2n) is 16.4. The summed E-state index contributed by atoms with van der Waals surface area (Å²) in [6.07, 6.45) is 6.88. The lowest BCUT2D eigenvalue weighted by atomic mass is 9.99. The fourth-order valence-corrected chi connectivity index (χ4v) is 10.1. The number of nitrogens with one attached hydrogen (secondary N) is 2. The van der Waals surface area contributed by atoms with Gasteiger partial charge in [0.1, 0.15) is 29.5 Å². The van der Waals surface area contributed by atoms with E-state index in [-0.39, 0.29) is 50.1 Å². The summed E-state index contributed by atoms with van der Waals surface area (Å²) in [4.78, 5) is 60.0. The maximum atomic E-state index is 13.2. The molecule has 0 aliphatic carbocycles. The van der Waals surface area contributed by atoms with Gasteiger partial charge in [-0.2, -0.15) is 5.10 Å². The molecule has 3 aromatic heterocycles. The highest BCUT2D eigenvalue weighted by Crippen LogP contribution is 2.39. The fourth-order valence-electron chi connectivity index (χ4n) is 8.76. The number of aliphatic imine (C=N–C) groups is 1. The first-order chi connectivity index (χ1) is 30.5. The monoisotopic (exact) mass is 902 g/mol. The van der Waals surface area contributed by atoms with E-state index in [1.165, 1.54) is 0 Å². The number of thiophene rings is 1. The van der Waals surface area contributed by atoms with Crippen molar-refractivity contribution in [3.05, 3.63) is 110 Å². The lowest BCUT2D eigenvalue weighted by molar-refractivity contribution is -0.144. The molecule has 2 atom stereocenters. The highest BCUT2D eigenvalue weighted by atomic mass is 35.5. The normalized spacial score (nSPS) is 18.5. The van der Waals surface area contributed by atoms with Gasteiger partial charge in [-0.25, -0.2) is 0 Å². The van der Waals surface area contributed by atoms with Gasteiger partial charge in [0.2, 0.25) is 11.8 Å². The minimum Gasteiger partial charge on any atom is -0.464 e. The summed E-state index contributed by atoms with van der Waals surface area (Å²) >= 11 is 7.83. The molecule has 0 bridgehead atoms. The van der Waals surface area contributed by atoms with Crippen LogP contribution in [0.2, 0.25) is 5.02 Å². The molecule has 2 N–H and O–H groups in total. The van der Waals surface area contributed by atoms with Crippen LogP contribution in [0.15, 0.2) is 59.9 Å². The maximum Gasteiger partial charge on any atom is 0.305 e. The number of aryl methyl sites for hydroxylation is 2. The average Bonchev–Trinajstić information content (AvgIpc) is 4.03. The van der Waals surface area contributed by atoms with Crippen LogP contribution in [0.3, 0.4) is 0 Å². The second-order valence-corrected chi connectivity index (χ2v) is 17.8. The smallest absolute Gasteiger partial charge is 0.305 e. The quantitative estimate of drug-likeness (QED) is 0.0860. The number of fused-ring (bicyclic) bond motifs is 4. The Morgan fingerprint density at radius 2 is 1.83 bits per heavy atom. The number of aromatic nitrogens is 5. The Balaban J connectivity index is 0.00000560. The number of carbonyl (C=O) groups is 4. The van der Waals surface area contributed by atoms with Gasteiger partial charge in [0.15, 0.2) is 5.82 Å². The second kappa shape index (κ2) is 18.9. The summed E-state index contributed by atoms with van der Waals surface area (Å²) < 4.78 is 9.50. The van der Waals surface area contributed by atoms with Crippen LogP contribution in [-0.4, -0.2) is 102 Å². The zero-order valence-electron chi connectivity index (χ0n) is 35.3.